The molecule has 0 aliphatic carbocycles. The molecule has 1 atom stereocenters. The first-order chi connectivity index (χ1) is 4.30. The molecular formula is C6H9NO2. The molecule has 0 unspecified atom stereocenters. The van der Waals surface area contributed by atoms with Crippen molar-refractivity contribution in [1.82, 2.24) is 5.32 Å². The Morgan fingerprint density at radius 1 is 1.78 bits per heavy atom. The number of rotatable bonds is 1. The van der Waals surface area contributed by atoms with Crippen LogP contribution in [0.4, 0.5) is 0 Å². The van der Waals surface area contributed by atoms with E-state index < -0.39 is 5.97 Å². The summed E-state index contributed by atoms with van der Waals surface area (Å²) in [6, 6.07) is 0. The number of aliphatic carboxylic acids is 1. The Morgan fingerprint density at radius 2 is 2.56 bits per heavy atom. The van der Waals surface area contributed by atoms with Crippen LogP contribution in [0.1, 0.15) is 0 Å². The lowest BCUT2D eigenvalue weighted by molar-refractivity contribution is -0.140. The highest BCUT2D eigenvalue weighted by Crippen LogP contribution is 2.00. The van der Waals surface area contributed by atoms with Gasteiger partial charge < -0.3 is 10.4 Å². The summed E-state index contributed by atoms with van der Waals surface area (Å²) >= 11 is 0. The molecule has 0 bridgehead atoms. The molecule has 1 heterocycles. The number of nitrogens with one attached hydrogen (secondary N) is 1. The average molecular weight is 127 g/mol. The van der Waals surface area contributed by atoms with E-state index in [9.17, 15) is 4.79 Å². The van der Waals surface area contributed by atoms with E-state index in [1.807, 2.05) is 6.08 Å². The lowest BCUT2D eigenvalue weighted by Gasteiger charge is -2.11. The molecule has 1 aliphatic rings. The van der Waals surface area contributed by atoms with E-state index in [0.29, 0.717) is 6.54 Å². The van der Waals surface area contributed by atoms with Crippen LogP contribution >= 0.6 is 0 Å². The quantitative estimate of drug-likeness (QED) is 0.481. The molecule has 2 N–H and O–H groups in total. The van der Waals surface area contributed by atoms with Crippen molar-refractivity contribution in [2.45, 2.75) is 0 Å². The maximum atomic E-state index is 10.3. The lowest BCUT2D eigenvalue weighted by atomic mass is 10.1. The van der Waals surface area contributed by atoms with Crippen molar-refractivity contribution in [3.05, 3.63) is 12.2 Å². The largest absolute Gasteiger partial charge is 0.481 e. The smallest absolute Gasteiger partial charge is 0.311 e. The minimum absolute atomic E-state index is 0.321. The van der Waals surface area contributed by atoms with Crippen molar-refractivity contribution in [3.63, 3.8) is 0 Å². The van der Waals surface area contributed by atoms with Crippen LogP contribution < -0.4 is 5.32 Å². The fourth-order valence-electron chi connectivity index (χ4n) is 0.792. The van der Waals surface area contributed by atoms with Gasteiger partial charge in [0.25, 0.3) is 0 Å². The zero-order valence-electron chi connectivity index (χ0n) is 5.00. The molecule has 3 heteroatoms. The van der Waals surface area contributed by atoms with Crippen molar-refractivity contribution in [1.29, 1.82) is 0 Å². The maximum Gasteiger partial charge on any atom is 0.311 e. The van der Waals surface area contributed by atoms with Gasteiger partial charge in [0.05, 0.1) is 5.92 Å². The van der Waals surface area contributed by atoms with E-state index >= 15 is 0 Å². The van der Waals surface area contributed by atoms with Crippen LogP contribution in [0.25, 0.3) is 0 Å². The average Bonchev–Trinajstić information content (AvgIpc) is 1.90. The number of hydrogen-bond acceptors (Lipinski definition) is 2. The lowest BCUT2D eigenvalue weighted by Crippen LogP contribution is -2.30. The molecule has 0 fully saturated rings. The van der Waals surface area contributed by atoms with E-state index in [1.165, 1.54) is 0 Å². The summed E-state index contributed by atoms with van der Waals surface area (Å²) in [6.45, 7) is 1.36. The van der Waals surface area contributed by atoms with Crippen LogP contribution in [0.2, 0.25) is 0 Å². The summed E-state index contributed by atoms with van der Waals surface area (Å²) < 4.78 is 0. The predicted molar refractivity (Wildman–Crippen MR) is 33.1 cm³/mol. The summed E-state index contributed by atoms with van der Waals surface area (Å²) in [6.07, 6.45) is 3.56. The van der Waals surface area contributed by atoms with E-state index in [2.05, 4.69) is 5.32 Å². The summed E-state index contributed by atoms with van der Waals surface area (Å²) in [5, 5.41) is 11.4. The highest BCUT2D eigenvalue weighted by molar-refractivity contribution is 5.72. The molecular weight excluding hydrogens is 118 g/mol. The van der Waals surface area contributed by atoms with E-state index in [4.69, 9.17) is 5.11 Å². The third-order valence-corrected chi connectivity index (χ3v) is 1.31. The van der Waals surface area contributed by atoms with Gasteiger partial charge in [-0.25, -0.2) is 0 Å². The topological polar surface area (TPSA) is 49.3 Å². The summed E-state index contributed by atoms with van der Waals surface area (Å²) in [5.74, 6) is -1.07. The molecule has 0 aromatic heterocycles. The minimum atomic E-state index is -0.751. The van der Waals surface area contributed by atoms with Crippen molar-refractivity contribution in [3.8, 4) is 0 Å². The molecule has 0 radical (unpaired) electrons. The SMILES string of the molecule is O=C(O)[C@@H]1C=CCNC1. The molecule has 1 aliphatic heterocycles. The summed E-state index contributed by atoms with van der Waals surface area (Å²) in [7, 11) is 0. The second kappa shape index (κ2) is 2.64. The monoisotopic (exact) mass is 127 g/mol. The molecule has 9 heavy (non-hydrogen) atoms. The first-order valence-electron chi connectivity index (χ1n) is 2.91. The Labute approximate surface area is 53.4 Å². The van der Waals surface area contributed by atoms with Crippen LogP contribution in [0, 0.1) is 5.92 Å². The predicted octanol–water partition coefficient (Wildman–Crippen LogP) is -0.153. The van der Waals surface area contributed by atoms with Crippen molar-refractivity contribution in [2.75, 3.05) is 13.1 Å². The number of carboxylic acids is 1. The van der Waals surface area contributed by atoms with Gasteiger partial charge in [0, 0.05) is 13.1 Å². The molecule has 0 saturated heterocycles. The third kappa shape index (κ3) is 1.54. The van der Waals surface area contributed by atoms with Crippen molar-refractivity contribution in [2.24, 2.45) is 5.92 Å². The molecule has 3 nitrogen and oxygen atoms in total. The zero-order chi connectivity index (χ0) is 6.69. The number of carboxylic acid groups (broad SMARTS) is 1. The Morgan fingerprint density at radius 3 is 2.89 bits per heavy atom. The van der Waals surface area contributed by atoms with Gasteiger partial charge in [-0.05, 0) is 0 Å². The minimum Gasteiger partial charge on any atom is -0.481 e. The zero-order valence-corrected chi connectivity index (χ0v) is 5.00. The number of hydrogen-bond donors (Lipinski definition) is 2. The van der Waals surface area contributed by atoms with Gasteiger partial charge in [0.1, 0.15) is 0 Å². The van der Waals surface area contributed by atoms with Gasteiger partial charge in [0.15, 0.2) is 0 Å². The first kappa shape index (κ1) is 6.29. The standard InChI is InChI=1S/C6H9NO2/c8-6(9)5-2-1-3-7-4-5/h1-2,5,7H,3-4H2,(H,8,9)/t5-/m1/s1. The normalized spacial score (nSPS) is 26.0. The van der Waals surface area contributed by atoms with Gasteiger partial charge in [0.2, 0.25) is 0 Å². The van der Waals surface area contributed by atoms with E-state index in [1.54, 1.807) is 6.08 Å². The summed E-state index contributed by atoms with van der Waals surface area (Å²) in [5.41, 5.74) is 0. The molecule has 0 spiro atoms. The van der Waals surface area contributed by atoms with Gasteiger partial charge in [-0.15, -0.1) is 0 Å². The van der Waals surface area contributed by atoms with Crippen LogP contribution in [-0.4, -0.2) is 24.2 Å². The van der Waals surface area contributed by atoms with Crippen LogP contribution in [-0.2, 0) is 4.79 Å². The fourth-order valence-corrected chi connectivity index (χ4v) is 0.792. The summed E-state index contributed by atoms with van der Waals surface area (Å²) in [4.78, 5) is 10.3. The maximum absolute atomic E-state index is 10.3. The van der Waals surface area contributed by atoms with E-state index in [0.717, 1.165) is 6.54 Å². The Hall–Kier alpha value is -0.830. The van der Waals surface area contributed by atoms with Crippen molar-refractivity contribution >= 4 is 5.97 Å². The molecule has 1 rings (SSSR count). The Balaban J connectivity index is 2.50. The second-order valence-electron chi connectivity index (χ2n) is 2.03. The second-order valence-corrected chi connectivity index (χ2v) is 2.03. The van der Waals surface area contributed by atoms with Gasteiger partial charge in [-0.2, -0.15) is 0 Å². The van der Waals surface area contributed by atoms with Gasteiger partial charge >= 0.3 is 5.97 Å². The van der Waals surface area contributed by atoms with Gasteiger partial charge in [-0.3, -0.25) is 4.79 Å². The van der Waals surface area contributed by atoms with Crippen LogP contribution in [0.3, 0.4) is 0 Å². The van der Waals surface area contributed by atoms with Crippen LogP contribution in [0.5, 0.6) is 0 Å². The fraction of sp³-hybridized carbons (Fsp3) is 0.500. The third-order valence-electron chi connectivity index (χ3n) is 1.31. The Bertz CT molecular complexity index is 142. The number of carbonyl (C=O) groups is 1. The van der Waals surface area contributed by atoms with Gasteiger partial charge in [-0.1, -0.05) is 12.2 Å². The van der Waals surface area contributed by atoms with Crippen molar-refractivity contribution < 1.29 is 9.90 Å². The highest BCUT2D eigenvalue weighted by atomic mass is 16.4. The molecule has 0 saturated carbocycles. The molecule has 0 aromatic rings. The Kier molecular flexibility index (Phi) is 1.85. The van der Waals surface area contributed by atoms with Crippen LogP contribution in [0.15, 0.2) is 12.2 Å². The highest BCUT2D eigenvalue weighted by Gasteiger charge is 2.14. The molecule has 0 amide bonds. The molecule has 50 valence electrons. The molecule has 0 aromatic carbocycles. The first-order valence-corrected chi connectivity index (χ1v) is 2.91. The van der Waals surface area contributed by atoms with E-state index in [-0.39, 0.29) is 5.92 Å².